The average molecular weight is 447 g/mol. The molecule has 0 amide bonds. The Morgan fingerprint density at radius 1 is 1.06 bits per heavy atom. The molecular weight excluding hydrogens is 424 g/mol. The summed E-state index contributed by atoms with van der Waals surface area (Å²) in [6.07, 6.45) is 5.08. The average Bonchev–Trinajstić information content (AvgIpc) is 3.37. The highest BCUT2D eigenvalue weighted by atomic mass is 16.3. The van der Waals surface area contributed by atoms with Crippen LogP contribution in [-0.4, -0.2) is 9.97 Å². The fourth-order valence-corrected chi connectivity index (χ4v) is 3.48. The number of rotatable bonds is 7. The van der Waals surface area contributed by atoms with E-state index in [1.807, 2.05) is 68.4 Å². The van der Waals surface area contributed by atoms with Crippen LogP contribution in [0.3, 0.4) is 0 Å². The molecule has 0 saturated carbocycles. The predicted molar refractivity (Wildman–Crippen MR) is 132 cm³/mol. The second-order valence-corrected chi connectivity index (χ2v) is 7.74. The van der Waals surface area contributed by atoms with Crippen molar-refractivity contribution >= 4 is 29.2 Å². The van der Waals surface area contributed by atoms with E-state index < -0.39 is 0 Å². The number of aryl methyl sites for hydroxylation is 2. The zero-order valence-electron chi connectivity index (χ0n) is 18.8. The van der Waals surface area contributed by atoms with Crippen molar-refractivity contribution in [2.24, 2.45) is 0 Å². The minimum Gasteiger partial charge on any atom is -0.464 e. The first-order chi connectivity index (χ1) is 16.6. The lowest BCUT2D eigenvalue weighted by atomic mass is 9.99. The maximum absolute atomic E-state index is 9.32. The van der Waals surface area contributed by atoms with Crippen LogP contribution in [0.1, 0.15) is 23.1 Å². The summed E-state index contributed by atoms with van der Waals surface area (Å²) in [6.45, 7) is 4.00. The van der Waals surface area contributed by atoms with Crippen molar-refractivity contribution in [3.05, 3.63) is 89.3 Å². The van der Waals surface area contributed by atoms with E-state index in [2.05, 4.69) is 26.7 Å². The number of hydrogen-bond donors (Lipinski definition) is 2. The second-order valence-electron chi connectivity index (χ2n) is 7.74. The highest BCUT2D eigenvalue weighted by Crippen LogP contribution is 2.35. The van der Waals surface area contributed by atoms with Gasteiger partial charge in [-0.3, -0.25) is 0 Å². The van der Waals surface area contributed by atoms with E-state index in [0.29, 0.717) is 23.1 Å². The van der Waals surface area contributed by atoms with Crippen molar-refractivity contribution < 1.29 is 4.42 Å². The van der Waals surface area contributed by atoms with Gasteiger partial charge in [0.15, 0.2) is 0 Å². The molecule has 0 atom stereocenters. The highest BCUT2D eigenvalue weighted by Gasteiger charge is 2.14. The third-order valence-electron chi connectivity index (χ3n) is 5.11. The Labute approximate surface area is 198 Å². The Balaban J connectivity index is 1.68. The molecule has 2 N–H and O–H groups in total. The van der Waals surface area contributed by atoms with Crippen LogP contribution in [-0.2, 0) is 0 Å². The fraction of sp³-hybridized carbons (Fsp3) is 0.111. The van der Waals surface area contributed by atoms with Crippen molar-refractivity contribution in [3.63, 3.8) is 0 Å². The van der Waals surface area contributed by atoms with Gasteiger partial charge in [0, 0.05) is 23.0 Å². The summed E-state index contributed by atoms with van der Waals surface area (Å²) in [5.74, 6) is 1.76. The van der Waals surface area contributed by atoms with Crippen LogP contribution in [0.5, 0.6) is 0 Å². The first-order valence-corrected chi connectivity index (χ1v) is 10.7. The molecule has 7 heteroatoms. The monoisotopic (exact) mass is 446 g/mol. The lowest BCUT2D eigenvalue weighted by Crippen LogP contribution is -2.02. The van der Waals surface area contributed by atoms with Crippen molar-refractivity contribution in [2.45, 2.75) is 20.3 Å². The number of nitrogens with zero attached hydrogens (tertiary/aromatic N) is 4. The lowest BCUT2D eigenvalue weighted by Gasteiger charge is -2.15. The number of benzene rings is 2. The molecule has 0 radical (unpaired) electrons. The molecule has 0 fully saturated rings. The van der Waals surface area contributed by atoms with Crippen molar-refractivity contribution in [1.82, 2.24) is 9.97 Å². The van der Waals surface area contributed by atoms with Gasteiger partial charge in [-0.1, -0.05) is 17.7 Å². The van der Waals surface area contributed by atoms with Crippen LogP contribution in [0, 0.1) is 36.5 Å². The van der Waals surface area contributed by atoms with Gasteiger partial charge < -0.3 is 15.1 Å². The number of nitriles is 2. The van der Waals surface area contributed by atoms with Crippen LogP contribution in [0.25, 0.3) is 17.4 Å². The van der Waals surface area contributed by atoms with Crippen molar-refractivity contribution in [3.8, 4) is 23.5 Å². The van der Waals surface area contributed by atoms with Gasteiger partial charge in [-0.15, -0.1) is 0 Å². The first-order valence-electron chi connectivity index (χ1n) is 10.7. The lowest BCUT2D eigenvalue weighted by molar-refractivity contribution is 0.582. The van der Waals surface area contributed by atoms with Gasteiger partial charge in [-0.05, 0) is 73.5 Å². The van der Waals surface area contributed by atoms with E-state index in [4.69, 9.17) is 9.68 Å². The Bertz CT molecular complexity index is 1410. The molecule has 7 nitrogen and oxygen atoms in total. The molecular formula is C27H22N6O. The van der Waals surface area contributed by atoms with Gasteiger partial charge in [0.2, 0.25) is 5.95 Å². The molecule has 0 aliphatic carbocycles. The van der Waals surface area contributed by atoms with E-state index in [0.717, 1.165) is 28.1 Å². The topological polar surface area (TPSA) is 111 Å². The molecule has 4 rings (SSSR count). The molecule has 0 aliphatic heterocycles. The number of hydrogen-bond acceptors (Lipinski definition) is 7. The maximum atomic E-state index is 9.32. The molecule has 0 aliphatic rings. The van der Waals surface area contributed by atoms with Crippen LogP contribution < -0.4 is 10.6 Å². The summed E-state index contributed by atoms with van der Waals surface area (Å²) < 4.78 is 5.68. The summed E-state index contributed by atoms with van der Waals surface area (Å²) in [5, 5.41) is 24.9. The third kappa shape index (κ3) is 5.29. The van der Waals surface area contributed by atoms with Crippen molar-refractivity contribution in [1.29, 1.82) is 10.5 Å². The summed E-state index contributed by atoms with van der Waals surface area (Å²) in [4.78, 5) is 8.92. The normalized spacial score (nSPS) is 10.9. The van der Waals surface area contributed by atoms with Gasteiger partial charge in [0.1, 0.15) is 11.6 Å². The predicted octanol–water partition coefficient (Wildman–Crippen LogP) is 6.66. The molecule has 2 aromatic carbocycles. The number of aromatic nitrogens is 2. The third-order valence-corrected chi connectivity index (χ3v) is 5.11. The zero-order chi connectivity index (χ0) is 23.9. The number of anilines is 4. The molecule has 4 aromatic rings. The fourth-order valence-electron chi connectivity index (χ4n) is 3.48. The van der Waals surface area contributed by atoms with Crippen LogP contribution in [0.2, 0.25) is 0 Å². The van der Waals surface area contributed by atoms with E-state index in [1.165, 1.54) is 5.56 Å². The minimum atomic E-state index is 0.0589. The number of allylic oxidation sites excluding steroid dienone is 1. The van der Waals surface area contributed by atoms with Crippen molar-refractivity contribution in [2.75, 3.05) is 10.6 Å². The second kappa shape index (κ2) is 10.2. The van der Waals surface area contributed by atoms with E-state index in [1.54, 1.807) is 24.6 Å². The molecule has 0 bridgehead atoms. The number of nitrogens with one attached hydrogen (secondary N) is 2. The summed E-state index contributed by atoms with van der Waals surface area (Å²) in [7, 11) is 0. The molecule has 0 unspecified atom stereocenters. The maximum Gasteiger partial charge on any atom is 0.229 e. The Morgan fingerprint density at radius 2 is 1.88 bits per heavy atom. The van der Waals surface area contributed by atoms with Gasteiger partial charge in [0.25, 0.3) is 0 Å². The Hall–Kier alpha value is -4.88. The highest BCUT2D eigenvalue weighted by molar-refractivity contribution is 5.83. The van der Waals surface area contributed by atoms with Gasteiger partial charge in [-0.25, -0.2) is 4.98 Å². The standard InChI is InChI=1S/C27H22N6O/c1-18-5-7-22(8-6-18)31-27-30-12-10-25(33-27)32-26-19(2)14-21(15-20(17-29)9-11-28)16-23(26)24-4-3-13-34-24/h3-8,10,12-16H,9H2,1-2H3,(H2,30,31,32,33)/b20-15-. The largest absolute Gasteiger partial charge is 0.464 e. The number of furan rings is 1. The van der Waals surface area contributed by atoms with E-state index in [-0.39, 0.29) is 6.42 Å². The molecule has 2 heterocycles. The van der Waals surface area contributed by atoms with Crippen LogP contribution in [0.4, 0.5) is 23.1 Å². The summed E-state index contributed by atoms with van der Waals surface area (Å²) in [5.41, 5.74) is 5.86. The van der Waals surface area contributed by atoms with E-state index in [9.17, 15) is 5.26 Å². The molecule has 0 saturated heterocycles. The molecule has 34 heavy (non-hydrogen) atoms. The summed E-state index contributed by atoms with van der Waals surface area (Å²) in [6, 6.07) is 21.5. The Morgan fingerprint density at radius 3 is 2.59 bits per heavy atom. The zero-order valence-corrected chi connectivity index (χ0v) is 18.8. The molecule has 0 spiro atoms. The first kappa shape index (κ1) is 22.3. The SMILES string of the molecule is Cc1ccc(Nc2nccc(Nc3c(C)cc(/C=C(\C#N)CC#N)cc3-c3ccco3)n2)cc1. The van der Waals surface area contributed by atoms with Crippen LogP contribution in [0.15, 0.2) is 77.0 Å². The Kier molecular flexibility index (Phi) is 6.67. The minimum absolute atomic E-state index is 0.0589. The quantitative estimate of drug-likeness (QED) is 0.305. The molecule has 166 valence electrons. The van der Waals surface area contributed by atoms with Crippen LogP contribution >= 0.6 is 0 Å². The van der Waals surface area contributed by atoms with Gasteiger partial charge in [-0.2, -0.15) is 15.5 Å². The van der Waals surface area contributed by atoms with E-state index >= 15 is 0 Å². The molecule has 2 aromatic heterocycles. The van der Waals surface area contributed by atoms with Gasteiger partial charge in [0.05, 0.1) is 30.5 Å². The smallest absolute Gasteiger partial charge is 0.229 e. The van der Waals surface area contributed by atoms with Gasteiger partial charge >= 0.3 is 0 Å². The summed E-state index contributed by atoms with van der Waals surface area (Å²) >= 11 is 0.